The normalized spacial score (nSPS) is 17.2. The lowest BCUT2D eigenvalue weighted by atomic mass is 10.0. The lowest BCUT2D eigenvalue weighted by molar-refractivity contribution is -0.153. The third-order valence-electron chi connectivity index (χ3n) is 4.40. The highest BCUT2D eigenvalue weighted by atomic mass is 16.5. The number of urea groups is 1. The van der Waals surface area contributed by atoms with E-state index >= 15 is 0 Å². The van der Waals surface area contributed by atoms with E-state index < -0.39 is 12.1 Å². The molecule has 0 aromatic heterocycles. The molecular weight excluding hydrogens is 322 g/mol. The van der Waals surface area contributed by atoms with Gasteiger partial charge in [0, 0.05) is 19.1 Å². The lowest BCUT2D eigenvalue weighted by Gasteiger charge is -2.28. The Bertz CT molecular complexity index is 672. The molecule has 7 heteroatoms. The molecule has 1 aromatic rings. The van der Waals surface area contributed by atoms with Crippen molar-refractivity contribution in [3.05, 3.63) is 35.4 Å². The van der Waals surface area contributed by atoms with E-state index in [2.05, 4.69) is 16.7 Å². The van der Waals surface area contributed by atoms with E-state index in [9.17, 15) is 14.4 Å². The van der Waals surface area contributed by atoms with E-state index in [0.29, 0.717) is 13.1 Å². The van der Waals surface area contributed by atoms with Crippen LogP contribution in [0.5, 0.6) is 0 Å². The average molecular weight is 345 g/mol. The number of fused-ring (bicyclic) bond motifs is 1. The number of hydrogen-bond donors (Lipinski definition) is 2. The SMILES string of the molecule is CC(OC(=O)CNC(=O)N1CCc2ccccc2C1)C(=O)NC1CC1. The highest BCUT2D eigenvalue weighted by Crippen LogP contribution is 2.19. The molecule has 25 heavy (non-hydrogen) atoms. The van der Waals surface area contributed by atoms with Crippen LogP contribution in [0.3, 0.4) is 0 Å². The summed E-state index contributed by atoms with van der Waals surface area (Å²) in [7, 11) is 0. The van der Waals surface area contributed by atoms with Gasteiger partial charge < -0.3 is 20.3 Å². The van der Waals surface area contributed by atoms with E-state index in [4.69, 9.17) is 4.74 Å². The molecule has 0 radical (unpaired) electrons. The zero-order valence-corrected chi connectivity index (χ0v) is 14.3. The molecule has 1 heterocycles. The molecule has 1 saturated carbocycles. The van der Waals surface area contributed by atoms with Crippen molar-refractivity contribution < 1.29 is 19.1 Å². The van der Waals surface area contributed by atoms with Gasteiger partial charge in [-0.25, -0.2) is 4.79 Å². The third-order valence-corrected chi connectivity index (χ3v) is 4.40. The van der Waals surface area contributed by atoms with Crippen LogP contribution >= 0.6 is 0 Å². The fraction of sp³-hybridized carbons (Fsp3) is 0.500. The van der Waals surface area contributed by atoms with Gasteiger partial charge in [0.2, 0.25) is 0 Å². The number of esters is 1. The van der Waals surface area contributed by atoms with Crippen molar-refractivity contribution in [2.24, 2.45) is 0 Å². The first-order chi connectivity index (χ1) is 12.0. The van der Waals surface area contributed by atoms with E-state index in [1.54, 1.807) is 4.90 Å². The third kappa shape index (κ3) is 4.71. The van der Waals surface area contributed by atoms with Crippen molar-refractivity contribution in [1.82, 2.24) is 15.5 Å². The number of nitrogens with zero attached hydrogens (tertiary/aromatic N) is 1. The monoisotopic (exact) mass is 345 g/mol. The minimum Gasteiger partial charge on any atom is -0.451 e. The van der Waals surface area contributed by atoms with Crippen molar-refractivity contribution >= 4 is 17.9 Å². The van der Waals surface area contributed by atoms with Gasteiger partial charge in [-0.2, -0.15) is 0 Å². The van der Waals surface area contributed by atoms with Crippen molar-refractivity contribution in [3.8, 4) is 0 Å². The van der Waals surface area contributed by atoms with Gasteiger partial charge in [-0.05, 0) is 37.3 Å². The maximum absolute atomic E-state index is 12.2. The van der Waals surface area contributed by atoms with Crippen LogP contribution in [0.1, 0.15) is 30.9 Å². The number of rotatable bonds is 5. The molecule has 0 saturated heterocycles. The molecule has 7 nitrogen and oxygen atoms in total. The van der Waals surface area contributed by atoms with Crippen molar-refractivity contribution in [2.75, 3.05) is 13.1 Å². The Kier molecular flexibility index (Phi) is 5.21. The fourth-order valence-corrected chi connectivity index (χ4v) is 2.77. The van der Waals surface area contributed by atoms with E-state index in [-0.39, 0.29) is 24.5 Å². The molecular formula is C18H23N3O4. The molecule has 1 fully saturated rings. The highest BCUT2D eigenvalue weighted by Gasteiger charge is 2.27. The zero-order valence-electron chi connectivity index (χ0n) is 14.3. The van der Waals surface area contributed by atoms with E-state index in [1.807, 2.05) is 18.2 Å². The van der Waals surface area contributed by atoms with Crippen LogP contribution in [0.25, 0.3) is 0 Å². The quantitative estimate of drug-likeness (QED) is 0.778. The van der Waals surface area contributed by atoms with E-state index in [1.165, 1.54) is 12.5 Å². The molecule has 1 aliphatic heterocycles. The number of nitrogens with one attached hydrogen (secondary N) is 2. The Morgan fingerprint density at radius 1 is 1.24 bits per heavy atom. The molecule has 1 unspecified atom stereocenters. The summed E-state index contributed by atoms with van der Waals surface area (Å²) in [4.78, 5) is 37.4. The first kappa shape index (κ1) is 17.3. The second-order valence-corrected chi connectivity index (χ2v) is 6.51. The first-order valence-electron chi connectivity index (χ1n) is 8.62. The van der Waals surface area contributed by atoms with Crippen LogP contribution in [0.15, 0.2) is 24.3 Å². The summed E-state index contributed by atoms with van der Waals surface area (Å²) in [6, 6.07) is 7.92. The van der Waals surface area contributed by atoms with Gasteiger partial charge >= 0.3 is 12.0 Å². The van der Waals surface area contributed by atoms with Crippen molar-refractivity contribution in [1.29, 1.82) is 0 Å². The summed E-state index contributed by atoms with van der Waals surface area (Å²) in [6.45, 7) is 2.41. The standard InChI is InChI=1S/C18H23N3O4/c1-12(17(23)20-15-6-7-15)25-16(22)10-19-18(24)21-9-8-13-4-2-3-5-14(13)11-21/h2-5,12,15H,6-11H2,1H3,(H,19,24)(H,20,23). The molecule has 0 spiro atoms. The van der Waals surface area contributed by atoms with Gasteiger partial charge in [0.1, 0.15) is 6.54 Å². The van der Waals surface area contributed by atoms with Gasteiger partial charge in [0.15, 0.2) is 6.10 Å². The predicted octanol–water partition coefficient (Wildman–Crippen LogP) is 0.965. The summed E-state index contributed by atoms with van der Waals surface area (Å²) >= 11 is 0. The summed E-state index contributed by atoms with van der Waals surface area (Å²) in [5.74, 6) is -0.918. The summed E-state index contributed by atoms with van der Waals surface area (Å²) < 4.78 is 5.05. The van der Waals surface area contributed by atoms with Crippen molar-refractivity contribution in [3.63, 3.8) is 0 Å². The number of amides is 3. The second kappa shape index (κ2) is 7.55. The van der Waals surface area contributed by atoms with Gasteiger partial charge in [-0.15, -0.1) is 0 Å². The van der Waals surface area contributed by atoms with Crippen molar-refractivity contribution in [2.45, 2.75) is 44.9 Å². The topological polar surface area (TPSA) is 87.7 Å². The molecule has 3 amide bonds. The van der Waals surface area contributed by atoms with Crippen LogP contribution in [0.4, 0.5) is 4.79 Å². The number of carbonyl (C=O) groups is 3. The first-order valence-corrected chi connectivity index (χ1v) is 8.62. The van der Waals surface area contributed by atoms with Gasteiger partial charge in [0.05, 0.1) is 0 Å². The van der Waals surface area contributed by atoms with Gasteiger partial charge in [0.25, 0.3) is 5.91 Å². The Hall–Kier alpha value is -2.57. The number of benzene rings is 1. The summed E-state index contributed by atoms with van der Waals surface area (Å²) in [5.41, 5.74) is 2.37. The lowest BCUT2D eigenvalue weighted by Crippen LogP contribution is -2.45. The maximum Gasteiger partial charge on any atom is 0.326 e. The van der Waals surface area contributed by atoms with Crippen LogP contribution < -0.4 is 10.6 Å². The molecule has 1 atom stereocenters. The van der Waals surface area contributed by atoms with Gasteiger partial charge in [-0.3, -0.25) is 9.59 Å². The minimum absolute atomic E-state index is 0.218. The Morgan fingerprint density at radius 2 is 1.96 bits per heavy atom. The second-order valence-electron chi connectivity index (χ2n) is 6.51. The fourth-order valence-electron chi connectivity index (χ4n) is 2.77. The smallest absolute Gasteiger partial charge is 0.326 e. The maximum atomic E-state index is 12.2. The molecule has 1 aromatic carbocycles. The van der Waals surface area contributed by atoms with Crippen LogP contribution in [0.2, 0.25) is 0 Å². The minimum atomic E-state index is -0.855. The highest BCUT2D eigenvalue weighted by molar-refractivity contribution is 5.85. The van der Waals surface area contributed by atoms with Crippen LogP contribution in [0, 0.1) is 0 Å². The summed E-state index contributed by atoms with van der Waals surface area (Å²) in [5, 5.41) is 5.33. The molecule has 2 N–H and O–H groups in total. The van der Waals surface area contributed by atoms with Crippen LogP contribution in [-0.4, -0.2) is 48.0 Å². The Balaban J connectivity index is 1.41. The molecule has 3 rings (SSSR count). The number of carbonyl (C=O) groups excluding carboxylic acids is 3. The number of ether oxygens (including phenoxy) is 1. The Labute approximate surface area is 146 Å². The van der Waals surface area contributed by atoms with Gasteiger partial charge in [-0.1, -0.05) is 24.3 Å². The Morgan fingerprint density at radius 3 is 2.68 bits per heavy atom. The largest absolute Gasteiger partial charge is 0.451 e. The molecule has 0 bridgehead atoms. The average Bonchev–Trinajstić information content (AvgIpc) is 3.43. The zero-order chi connectivity index (χ0) is 17.8. The molecule has 1 aliphatic carbocycles. The molecule has 2 aliphatic rings. The molecule has 134 valence electrons. The van der Waals surface area contributed by atoms with Crippen LogP contribution in [-0.2, 0) is 27.3 Å². The summed E-state index contributed by atoms with van der Waals surface area (Å²) in [6.07, 6.45) is 1.89. The number of hydrogen-bond acceptors (Lipinski definition) is 4. The predicted molar refractivity (Wildman–Crippen MR) is 90.7 cm³/mol. The van der Waals surface area contributed by atoms with E-state index in [0.717, 1.165) is 24.8 Å².